The molecule has 0 saturated carbocycles. The molecule has 0 saturated heterocycles. The Morgan fingerprint density at radius 3 is 1.86 bits per heavy atom. The number of benzene rings is 1. The molecule has 2 N–H and O–H groups in total. The van der Waals surface area contributed by atoms with Crippen molar-refractivity contribution in [3.8, 4) is 11.5 Å². The van der Waals surface area contributed by atoms with Gasteiger partial charge in [0.1, 0.15) is 0 Å². The largest absolute Gasteiger partial charge is 0.511 e. The number of carboxylic acid groups (broad SMARTS) is 1. The van der Waals surface area contributed by atoms with E-state index >= 15 is 0 Å². The van der Waals surface area contributed by atoms with Crippen molar-refractivity contribution >= 4 is 6.16 Å². The van der Waals surface area contributed by atoms with Crippen LogP contribution in [-0.2, 0) is 15.9 Å². The van der Waals surface area contributed by atoms with E-state index in [0.29, 0.717) is 6.42 Å². The smallest absolute Gasteiger partial charge is 0.504 e. The molecular formula is C30H52O6. The van der Waals surface area contributed by atoms with Crippen LogP contribution in [0.1, 0.15) is 129 Å². The zero-order valence-corrected chi connectivity index (χ0v) is 23.0. The molecule has 36 heavy (non-hydrogen) atoms. The van der Waals surface area contributed by atoms with E-state index in [-0.39, 0.29) is 17.8 Å². The lowest BCUT2D eigenvalue weighted by molar-refractivity contribution is -0.148. The Bertz CT molecular complexity index is 647. The summed E-state index contributed by atoms with van der Waals surface area (Å²) in [5.74, 6) is -0.0671. The van der Waals surface area contributed by atoms with Crippen LogP contribution in [-0.4, -0.2) is 35.9 Å². The SMILES string of the molecule is CCCCCCCOC(CCCCCCCCc1cccc(OC(=O)O)c1O)OCCCCCCC. The molecular weight excluding hydrogens is 456 g/mol. The molecule has 1 aromatic rings. The molecule has 1 aromatic carbocycles. The van der Waals surface area contributed by atoms with Gasteiger partial charge >= 0.3 is 6.16 Å². The molecule has 0 heterocycles. The summed E-state index contributed by atoms with van der Waals surface area (Å²) in [6.07, 6.45) is 19.3. The Labute approximate surface area is 219 Å². The minimum atomic E-state index is -1.42. The van der Waals surface area contributed by atoms with E-state index in [4.69, 9.17) is 14.6 Å². The van der Waals surface area contributed by atoms with Crippen molar-refractivity contribution in [1.82, 2.24) is 0 Å². The highest BCUT2D eigenvalue weighted by molar-refractivity contribution is 5.63. The molecule has 0 radical (unpaired) electrons. The van der Waals surface area contributed by atoms with Gasteiger partial charge in [-0.25, -0.2) is 4.79 Å². The van der Waals surface area contributed by atoms with E-state index in [2.05, 4.69) is 18.6 Å². The van der Waals surface area contributed by atoms with Crippen LogP contribution in [0.2, 0.25) is 0 Å². The van der Waals surface area contributed by atoms with Crippen LogP contribution in [0.3, 0.4) is 0 Å². The number of unbranched alkanes of at least 4 members (excludes halogenated alkanes) is 13. The number of aryl methyl sites for hydroxylation is 1. The van der Waals surface area contributed by atoms with Gasteiger partial charge in [0.05, 0.1) is 0 Å². The summed E-state index contributed by atoms with van der Waals surface area (Å²) < 4.78 is 16.8. The van der Waals surface area contributed by atoms with Gasteiger partial charge in [0, 0.05) is 13.2 Å². The average Bonchev–Trinajstić information content (AvgIpc) is 2.86. The second kappa shape index (κ2) is 22.4. The second-order valence-electron chi connectivity index (χ2n) is 9.79. The highest BCUT2D eigenvalue weighted by Crippen LogP contribution is 2.31. The van der Waals surface area contributed by atoms with Gasteiger partial charge in [0.15, 0.2) is 17.8 Å². The fraction of sp³-hybridized carbons (Fsp3) is 0.767. The molecule has 0 atom stereocenters. The van der Waals surface area contributed by atoms with E-state index in [0.717, 1.165) is 63.7 Å². The topological polar surface area (TPSA) is 85.2 Å². The molecule has 0 bridgehead atoms. The predicted molar refractivity (Wildman–Crippen MR) is 146 cm³/mol. The first-order valence-corrected chi connectivity index (χ1v) is 14.5. The van der Waals surface area contributed by atoms with Crippen LogP contribution in [0.4, 0.5) is 4.79 Å². The number of para-hydroxylation sites is 1. The third kappa shape index (κ3) is 16.8. The number of hydrogen-bond donors (Lipinski definition) is 2. The van der Waals surface area contributed by atoms with Crippen molar-refractivity contribution in [1.29, 1.82) is 0 Å². The van der Waals surface area contributed by atoms with Crippen LogP contribution >= 0.6 is 0 Å². The molecule has 0 fully saturated rings. The molecule has 0 amide bonds. The maximum Gasteiger partial charge on any atom is 0.511 e. The fourth-order valence-corrected chi connectivity index (χ4v) is 4.34. The number of aromatic hydroxyl groups is 1. The minimum Gasteiger partial charge on any atom is -0.504 e. The minimum absolute atomic E-state index is 0.000843. The first-order chi connectivity index (χ1) is 17.6. The Hall–Kier alpha value is -1.79. The van der Waals surface area contributed by atoms with Crippen LogP contribution < -0.4 is 4.74 Å². The van der Waals surface area contributed by atoms with Gasteiger partial charge < -0.3 is 24.4 Å². The molecule has 0 unspecified atom stereocenters. The van der Waals surface area contributed by atoms with Gasteiger partial charge in [-0.3, -0.25) is 0 Å². The summed E-state index contributed by atoms with van der Waals surface area (Å²) in [6.45, 7) is 6.08. The predicted octanol–water partition coefficient (Wildman–Crippen LogP) is 9.02. The number of ether oxygens (including phenoxy) is 3. The van der Waals surface area contributed by atoms with Gasteiger partial charge in [-0.1, -0.05) is 103 Å². The molecule has 6 nitrogen and oxygen atoms in total. The van der Waals surface area contributed by atoms with E-state index < -0.39 is 6.16 Å². The lowest BCUT2D eigenvalue weighted by Gasteiger charge is -2.19. The molecule has 0 spiro atoms. The van der Waals surface area contributed by atoms with Gasteiger partial charge in [-0.05, 0) is 50.2 Å². The molecule has 0 aliphatic heterocycles. The Morgan fingerprint density at radius 2 is 1.28 bits per heavy atom. The van der Waals surface area contributed by atoms with Crippen LogP contribution in [0, 0.1) is 0 Å². The Kier molecular flexibility index (Phi) is 20.1. The summed E-state index contributed by atoms with van der Waals surface area (Å²) in [5.41, 5.74) is 0.732. The van der Waals surface area contributed by atoms with Gasteiger partial charge in [-0.2, -0.15) is 0 Å². The van der Waals surface area contributed by atoms with Crippen LogP contribution in [0.15, 0.2) is 18.2 Å². The van der Waals surface area contributed by atoms with Crippen molar-refractivity contribution in [2.45, 2.75) is 136 Å². The summed E-state index contributed by atoms with van der Waals surface area (Å²) in [5, 5.41) is 18.9. The van der Waals surface area contributed by atoms with Crippen molar-refractivity contribution in [3.05, 3.63) is 23.8 Å². The molecule has 6 heteroatoms. The van der Waals surface area contributed by atoms with Crippen LogP contribution in [0.25, 0.3) is 0 Å². The number of carbonyl (C=O) groups is 1. The van der Waals surface area contributed by atoms with Gasteiger partial charge in [-0.15, -0.1) is 0 Å². The highest BCUT2D eigenvalue weighted by Gasteiger charge is 2.11. The van der Waals surface area contributed by atoms with Gasteiger partial charge in [0.25, 0.3) is 0 Å². The quantitative estimate of drug-likeness (QED) is 0.0627. The number of phenols is 1. The maximum atomic E-state index is 10.7. The monoisotopic (exact) mass is 508 g/mol. The lowest BCUT2D eigenvalue weighted by atomic mass is 10.0. The number of rotatable bonds is 24. The molecule has 1 rings (SSSR count). The lowest BCUT2D eigenvalue weighted by Crippen LogP contribution is -2.19. The number of phenolic OH excluding ortho intramolecular Hbond substituents is 1. The molecule has 0 aromatic heterocycles. The first-order valence-electron chi connectivity index (χ1n) is 14.5. The van der Waals surface area contributed by atoms with Crippen molar-refractivity contribution in [3.63, 3.8) is 0 Å². The zero-order valence-electron chi connectivity index (χ0n) is 23.0. The van der Waals surface area contributed by atoms with E-state index in [1.54, 1.807) is 6.07 Å². The maximum absolute atomic E-state index is 10.7. The third-order valence-electron chi connectivity index (χ3n) is 6.52. The van der Waals surface area contributed by atoms with Crippen LogP contribution in [0.5, 0.6) is 11.5 Å². The summed E-state index contributed by atoms with van der Waals surface area (Å²) in [4.78, 5) is 10.7. The van der Waals surface area contributed by atoms with Crippen molar-refractivity contribution in [2.24, 2.45) is 0 Å². The van der Waals surface area contributed by atoms with E-state index in [1.807, 2.05) is 6.07 Å². The molecule has 0 aliphatic rings. The Morgan fingerprint density at radius 1 is 0.750 bits per heavy atom. The summed E-state index contributed by atoms with van der Waals surface area (Å²) in [6, 6.07) is 4.99. The molecule has 208 valence electrons. The normalized spacial score (nSPS) is 11.3. The highest BCUT2D eigenvalue weighted by atomic mass is 16.7. The van der Waals surface area contributed by atoms with E-state index in [1.165, 1.54) is 70.3 Å². The fourth-order valence-electron chi connectivity index (χ4n) is 4.34. The molecule has 0 aliphatic carbocycles. The summed E-state index contributed by atoms with van der Waals surface area (Å²) in [7, 11) is 0. The van der Waals surface area contributed by atoms with E-state index in [9.17, 15) is 9.90 Å². The van der Waals surface area contributed by atoms with Crippen molar-refractivity contribution in [2.75, 3.05) is 13.2 Å². The second-order valence-corrected chi connectivity index (χ2v) is 9.79. The zero-order chi connectivity index (χ0) is 26.3. The first kappa shape index (κ1) is 32.2. The summed E-state index contributed by atoms with van der Waals surface area (Å²) >= 11 is 0. The Balaban J connectivity index is 2.20. The average molecular weight is 509 g/mol. The standard InChI is InChI=1S/C30H52O6/c1-3-5-7-13-17-24-34-28(35-25-18-14-8-6-4-2)23-16-12-10-9-11-15-20-26-21-19-22-27(29(26)31)36-30(32)33/h19,21-22,28,31H,3-18,20,23-25H2,1-2H3,(H,32,33). The third-order valence-corrected chi connectivity index (χ3v) is 6.52. The van der Waals surface area contributed by atoms with Gasteiger partial charge in [0.2, 0.25) is 0 Å². The number of hydrogen-bond acceptors (Lipinski definition) is 5. The van der Waals surface area contributed by atoms with Crippen molar-refractivity contribution < 1.29 is 29.2 Å².